The molecule has 0 unspecified atom stereocenters. The summed E-state index contributed by atoms with van der Waals surface area (Å²) in [5.41, 5.74) is 0. The van der Waals surface area contributed by atoms with Crippen molar-refractivity contribution in [2.45, 2.75) is 0 Å². The van der Waals surface area contributed by atoms with E-state index in [9.17, 15) is 0 Å². The van der Waals surface area contributed by atoms with Crippen molar-refractivity contribution in [3.63, 3.8) is 0 Å². The zero-order chi connectivity index (χ0) is 7.33. The summed E-state index contributed by atoms with van der Waals surface area (Å²) in [5, 5.41) is 0.765. The standard InChI is InChI=1S/C4H11ClO2SSi/c1-6-9(5,7-2)4-8-3/h4H2,1-3H3. The Morgan fingerprint density at radius 2 is 1.89 bits per heavy atom. The predicted molar refractivity (Wildman–Crippen MR) is 44.0 cm³/mol. The van der Waals surface area contributed by atoms with Crippen LogP contribution < -0.4 is 0 Å². The fourth-order valence-electron chi connectivity index (χ4n) is 0.374. The first-order chi connectivity index (χ1) is 4.18. The van der Waals surface area contributed by atoms with Crippen LogP contribution in [0, 0.1) is 0 Å². The summed E-state index contributed by atoms with van der Waals surface area (Å²) in [6, 6.07) is 0. The normalized spacial score (nSPS) is 12.0. The van der Waals surface area contributed by atoms with E-state index in [0.717, 1.165) is 5.38 Å². The molecule has 0 saturated carbocycles. The lowest BCUT2D eigenvalue weighted by molar-refractivity contribution is 0.273. The molecule has 0 heterocycles. The third kappa shape index (κ3) is 3.47. The molecule has 0 amide bonds. The molecule has 0 saturated heterocycles. The number of hydrogen-bond acceptors (Lipinski definition) is 3. The van der Waals surface area contributed by atoms with Crippen LogP contribution >= 0.6 is 22.8 Å². The van der Waals surface area contributed by atoms with Crippen molar-refractivity contribution < 1.29 is 8.85 Å². The molecule has 0 aliphatic rings. The van der Waals surface area contributed by atoms with Gasteiger partial charge in [0.1, 0.15) is 0 Å². The van der Waals surface area contributed by atoms with E-state index in [1.165, 1.54) is 0 Å². The molecule has 0 aliphatic heterocycles. The Morgan fingerprint density at radius 1 is 1.44 bits per heavy atom. The Kier molecular flexibility index (Phi) is 4.97. The van der Waals surface area contributed by atoms with Gasteiger partial charge in [-0.25, -0.2) is 0 Å². The van der Waals surface area contributed by atoms with Gasteiger partial charge in [-0.05, 0) is 6.26 Å². The molecule has 0 fully saturated rings. The maximum atomic E-state index is 5.88. The highest BCUT2D eigenvalue weighted by atomic mass is 35.6. The summed E-state index contributed by atoms with van der Waals surface area (Å²) in [5.74, 6) is 0. The third-order valence-corrected chi connectivity index (χ3v) is 6.59. The lowest BCUT2D eigenvalue weighted by Crippen LogP contribution is -2.36. The first kappa shape index (κ1) is 9.78. The highest BCUT2D eigenvalue weighted by molar-refractivity contribution is 8.00. The minimum absolute atomic E-state index is 0.765. The summed E-state index contributed by atoms with van der Waals surface area (Å²) in [6.07, 6.45) is 1.97. The monoisotopic (exact) mass is 186 g/mol. The molecule has 56 valence electrons. The van der Waals surface area contributed by atoms with E-state index in [1.807, 2.05) is 6.26 Å². The summed E-state index contributed by atoms with van der Waals surface area (Å²) in [4.78, 5) is 0. The number of halogens is 1. The van der Waals surface area contributed by atoms with Crippen LogP contribution in [-0.2, 0) is 8.85 Å². The van der Waals surface area contributed by atoms with Gasteiger partial charge in [0.25, 0.3) is 0 Å². The molecule has 0 spiro atoms. The second-order valence-electron chi connectivity index (χ2n) is 1.50. The lowest BCUT2D eigenvalue weighted by Gasteiger charge is -2.17. The second-order valence-corrected chi connectivity index (χ2v) is 7.10. The fraction of sp³-hybridized carbons (Fsp3) is 1.00. The van der Waals surface area contributed by atoms with Gasteiger partial charge in [0, 0.05) is 14.2 Å². The highest BCUT2D eigenvalue weighted by Crippen LogP contribution is 2.15. The SMILES string of the molecule is CO[Si](Cl)(CSC)OC. The van der Waals surface area contributed by atoms with E-state index in [-0.39, 0.29) is 0 Å². The molecule has 0 bridgehead atoms. The van der Waals surface area contributed by atoms with Crippen LogP contribution in [0.25, 0.3) is 0 Å². The van der Waals surface area contributed by atoms with Gasteiger partial charge in [0.15, 0.2) is 0 Å². The summed E-state index contributed by atoms with van der Waals surface area (Å²) >= 11 is 7.52. The van der Waals surface area contributed by atoms with Gasteiger partial charge in [-0.1, -0.05) is 11.1 Å². The molecule has 9 heavy (non-hydrogen) atoms. The van der Waals surface area contributed by atoms with Crippen molar-refractivity contribution in [1.29, 1.82) is 0 Å². The van der Waals surface area contributed by atoms with E-state index in [4.69, 9.17) is 19.9 Å². The molecule has 5 heteroatoms. The van der Waals surface area contributed by atoms with E-state index in [2.05, 4.69) is 0 Å². The van der Waals surface area contributed by atoms with Gasteiger partial charge in [-0.15, -0.1) is 0 Å². The molecule has 0 aliphatic carbocycles. The summed E-state index contributed by atoms with van der Waals surface area (Å²) in [6.45, 7) is 0. The van der Waals surface area contributed by atoms with Crippen molar-refractivity contribution >= 4 is 30.7 Å². The van der Waals surface area contributed by atoms with Crippen molar-refractivity contribution in [3.8, 4) is 0 Å². The first-order valence-corrected chi connectivity index (χ1v) is 6.89. The third-order valence-electron chi connectivity index (χ3n) is 0.926. The fourth-order valence-corrected chi connectivity index (χ4v) is 3.84. The summed E-state index contributed by atoms with van der Waals surface area (Å²) in [7, 11) is 0.902. The first-order valence-electron chi connectivity index (χ1n) is 2.46. The topological polar surface area (TPSA) is 18.5 Å². The van der Waals surface area contributed by atoms with Crippen LogP contribution in [0.1, 0.15) is 0 Å². The molecule has 0 radical (unpaired) electrons. The Morgan fingerprint density at radius 3 is 2.00 bits per heavy atom. The van der Waals surface area contributed by atoms with Gasteiger partial charge < -0.3 is 8.85 Å². The Labute approximate surface area is 65.8 Å². The van der Waals surface area contributed by atoms with Crippen LogP contribution in [0.4, 0.5) is 0 Å². The average Bonchev–Trinajstić information content (AvgIpc) is 1.89. The van der Waals surface area contributed by atoms with E-state index in [0.29, 0.717) is 0 Å². The van der Waals surface area contributed by atoms with Gasteiger partial charge in [0.2, 0.25) is 0 Å². The van der Waals surface area contributed by atoms with Crippen LogP contribution in [0.3, 0.4) is 0 Å². The van der Waals surface area contributed by atoms with Crippen molar-refractivity contribution in [1.82, 2.24) is 0 Å². The Bertz CT molecular complexity index is 79.0. The average molecular weight is 187 g/mol. The molecule has 0 aromatic heterocycles. The molecule has 0 N–H and O–H groups in total. The molecule has 0 aromatic carbocycles. The number of rotatable bonds is 4. The Hall–Kier alpha value is 0.777. The zero-order valence-electron chi connectivity index (χ0n) is 5.81. The number of hydrogen-bond donors (Lipinski definition) is 0. The summed E-state index contributed by atoms with van der Waals surface area (Å²) < 4.78 is 9.98. The van der Waals surface area contributed by atoms with E-state index < -0.39 is 7.87 Å². The van der Waals surface area contributed by atoms with Crippen molar-refractivity contribution in [2.75, 3.05) is 25.9 Å². The second kappa shape index (κ2) is 4.57. The zero-order valence-corrected chi connectivity index (χ0v) is 8.38. The molecule has 2 nitrogen and oxygen atoms in total. The quantitative estimate of drug-likeness (QED) is 0.488. The van der Waals surface area contributed by atoms with Crippen LogP contribution in [0.2, 0.25) is 0 Å². The van der Waals surface area contributed by atoms with Gasteiger partial charge in [-0.3, -0.25) is 0 Å². The number of thioether (sulfide) groups is 1. The van der Waals surface area contributed by atoms with Gasteiger partial charge in [0.05, 0.1) is 5.38 Å². The predicted octanol–water partition coefficient (Wildman–Crippen LogP) is 1.36. The molecule has 0 rings (SSSR count). The van der Waals surface area contributed by atoms with Gasteiger partial charge >= 0.3 is 7.87 Å². The van der Waals surface area contributed by atoms with E-state index >= 15 is 0 Å². The largest absolute Gasteiger partial charge is 0.452 e. The van der Waals surface area contributed by atoms with Crippen LogP contribution in [-0.4, -0.2) is 33.7 Å². The minimum atomic E-state index is -2.26. The Balaban J connectivity index is 3.62. The molecular formula is C4H11ClO2SSi. The van der Waals surface area contributed by atoms with Crippen molar-refractivity contribution in [3.05, 3.63) is 0 Å². The van der Waals surface area contributed by atoms with Crippen LogP contribution in [0.15, 0.2) is 0 Å². The molecule has 0 atom stereocenters. The highest BCUT2D eigenvalue weighted by Gasteiger charge is 2.32. The van der Waals surface area contributed by atoms with E-state index in [1.54, 1.807) is 26.0 Å². The minimum Gasteiger partial charge on any atom is -0.386 e. The van der Waals surface area contributed by atoms with Crippen molar-refractivity contribution in [2.24, 2.45) is 0 Å². The molecular weight excluding hydrogens is 176 g/mol. The lowest BCUT2D eigenvalue weighted by atomic mass is 11.8. The van der Waals surface area contributed by atoms with Gasteiger partial charge in [-0.2, -0.15) is 11.8 Å². The smallest absolute Gasteiger partial charge is 0.386 e. The maximum absolute atomic E-state index is 5.88. The maximum Gasteiger partial charge on any atom is 0.452 e. The van der Waals surface area contributed by atoms with Crippen LogP contribution in [0.5, 0.6) is 0 Å². The molecule has 0 aromatic rings.